The van der Waals surface area contributed by atoms with E-state index in [1.165, 1.54) is 24.0 Å². The Kier molecular flexibility index (Phi) is 8.03. The van der Waals surface area contributed by atoms with Crippen LogP contribution in [0.3, 0.4) is 0 Å². The second kappa shape index (κ2) is 11.1. The number of aromatic hydroxyl groups is 1. The number of nitrogens with zero attached hydrogens (tertiary/aromatic N) is 4. The van der Waals surface area contributed by atoms with E-state index >= 15 is 0 Å². The first-order valence-corrected chi connectivity index (χ1v) is 12.8. The Bertz CT molecular complexity index is 1520. The Morgan fingerprint density at radius 3 is 2.27 bits per heavy atom. The summed E-state index contributed by atoms with van der Waals surface area (Å²) in [5.41, 5.74) is 1.86. The third kappa shape index (κ3) is 7.07. The molecule has 0 spiro atoms. The van der Waals surface area contributed by atoms with E-state index in [4.69, 9.17) is 19.3 Å². The van der Waals surface area contributed by atoms with E-state index in [9.17, 15) is 19.8 Å². The van der Waals surface area contributed by atoms with E-state index in [2.05, 4.69) is 24.0 Å². The van der Waals surface area contributed by atoms with Gasteiger partial charge in [0.05, 0.1) is 60.2 Å². The Morgan fingerprint density at radius 2 is 1.73 bits per heavy atom. The van der Waals surface area contributed by atoms with Crippen LogP contribution >= 0.6 is 0 Å². The van der Waals surface area contributed by atoms with Gasteiger partial charge in [-0.25, -0.2) is 18.6 Å². The Morgan fingerprint density at radius 1 is 1.10 bits per heavy atom. The first-order chi connectivity index (χ1) is 18.8. The number of epoxide rings is 1. The molecule has 0 amide bonds. The van der Waals surface area contributed by atoms with E-state index in [1.54, 1.807) is 48.8 Å². The summed E-state index contributed by atoms with van der Waals surface area (Å²) in [5, 5.41) is 36.4. The van der Waals surface area contributed by atoms with Gasteiger partial charge in [0.2, 0.25) is 0 Å². The number of carboxylic acids is 1. The minimum absolute atomic E-state index is 0.143. The van der Waals surface area contributed by atoms with Gasteiger partial charge in [0.25, 0.3) is 0 Å². The number of ether oxygens (including phenoxy) is 3. The molecule has 214 valence electrons. The topological polar surface area (TPSA) is 160 Å². The molecule has 4 aromatic rings. The van der Waals surface area contributed by atoms with Crippen molar-refractivity contribution >= 4 is 23.0 Å². The number of fused-ring (bicyclic) bond motifs is 2. The first-order valence-electron chi connectivity index (χ1n) is 12.8. The molecular weight excluding hydrogens is 520 g/mol. The molecule has 0 radical (unpaired) electrons. The van der Waals surface area contributed by atoms with E-state index in [1.807, 2.05) is 0 Å². The average Bonchev–Trinajstić information content (AvgIpc) is 3.76. The molecule has 40 heavy (non-hydrogen) atoms. The molecule has 1 saturated heterocycles. The van der Waals surface area contributed by atoms with Gasteiger partial charge in [-0.05, 0) is 64.8 Å². The summed E-state index contributed by atoms with van der Waals surface area (Å²) in [5.74, 6) is -0.323. The fourth-order valence-corrected chi connectivity index (χ4v) is 3.69. The molecule has 0 aromatic carbocycles. The number of methoxy groups -OCH3 is 1. The summed E-state index contributed by atoms with van der Waals surface area (Å²) in [6.07, 6.45) is 6.46. The molecule has 0 bridgehead atoms. The van der Waals surface area contributed by atoms with Crippen LogP contribution in [0, 0.1) is 0 Å². The molecule has 2 fully saturated rings. The SMILES string of the molecule is CC(C)(O)COc1ccc2c(C(=O)O)cnn2c1.CC1(C)CO1.COC(=O)c1cnn2c(C3CC3)c(O)ccc12. The van der Waals surface area contributed by atoms with Crippen LogP contribution in [0.2, 0.25) is 0 Å². The van der Waals surface area contributed by atoms with Crippen molar-refractivity contribution in [2.24, 2.45) is 0 Å². The molecule has 4 aromatic heterocycles. The Labute approximate surface area is 230 Å². The standard InChI is InChI=1S/C12H14N2O4.C12H12N2O3.C4H8O/c1-12(2,17)7-18-8-3-4-10-9(11(15)16)5-13-14(10)6-8;1-17-12(16)8-6-13-14-9(8)4-5-10(15)11(14)7-2-3-7;1-4(2)3-5-4/h3-6,17H,7H2,1-2H3,(H,15,16);4-7,15H,2-3H2,1H3;3H2,1-2H3. The zero-order valence-electron chi connectivity index (χ0n) is 23.1. The van der Waals surface area contributed by atoms with Crippen molar-refractivity contribution in [3.05, 3.63) is 59.7 Å². The lowest BCUT2D eigenvalue weighted by atomic mass is 10.2. The number of aliphatic hydroxyl groups is 1. The van der Waals surface area contributed by atoms with Gasteiger partial charge in [-0.15, -0.1) is 0 Å². The lowest BCUT2D eigenvalue weighted by molar-refractivity contribution is 0.0283. The lowest BCUT2D eigenvalue weighted by Gasteiger charge is -2.17. The second-order valence-electron chi connectivity index (χ2n) is 10.9. The number of aromatic nitrogens is 4. The number of aromatic carboxylic acids is 1. The molecular formula is C28H34N4O8. The zero-order valence-corrected chi connectivity index (χ0v) is 23.1. The van der Waals surface area contributed by atoms with Crippen LogP contribution in [-0.4, -0.2) is 78.0 Å². The number of carbonyl (C=O) groups excluding carboxylic acids is 1. The van der Waals surface area contributed by atoms with Crippen molar-refractivity contribution in [1.29, 1.82) is 0 Å². The molecule has 0 unspecified atom stereocenters. The molecule has 6 rings (SSSR count). The van der Waals surface area contributed by atoms with Gasteiger partial charge in [-0.3, -0.25) is 0 Å². The molecule has 1 aliphatic heterocycles. The maximum atomic E-state index is 11.5. The largest absolute Gasteiger partial charge is 0.506 e. The highest BCUT2D eigenvalue weighted by Crippen LogP contribution is 2.44. The zero-order chi connectivity index (χ0) is 29.2. The van der Waals surface area contributed by atoms with Crippen LogP contribution in [0.4, 0.5) is 0 Å². The molecule has 12 heteroatoms. The van der Waals surface area contributed by atoms with E-state index in [0.29, 0.717) is 28.3 Å². The van der Waals surface area contributed by atoms with E-state index in [0.717, 1.165) is 25.1 Å². The molecule has 1 aliphatic carbocycles. The number of hydrogen-bond donors (Lipinski definition) is 3. The van der Waals surface area contributed by atoms with Crippen molar-refractivity contribution in [2.75, 3.05) is 20.3 Å². The van der Waals surface area contributed by atoms with E-state index in [-0.39, 0.29) is 23.5 Å². The van der Waals surface area contributed by atoms with Crippen LogP contribution in [0.25, 0.3) is 11.0 Å². The normalized spacial score (nSPS) is 15.4. The summed E-state index contributed by atoms with van der Waals surface area (Å²) in [6.45, 7) is 8.53. The lowest BCUT2D eigenvalue weighted by Crippen LogP contribution is -2.27. The van der Waals surface area contributed by atoms with Crippen molar-refractivity contribution < 1.29 is 39.1 Å². The molecule has 2 aliphatic rings. The number of carboxylic acid groups (broad SMARTS) is 1. The maximum Gasteiger partial charge on any atom is 0.341 e. The van der Waals surface area contributed by atoms with E-state index < -0.39 is 17.5 Å². The van der Waals surface area contributed by atoms with Crippen LogP contribution in [0.15, 0.2) is 42.9 Å². The average molecular weight is 555 g/mol. The summed E-state index contributed by atoms with van der Waals surface area (Å²) >= 11 is 0. The highest BCUT2D eigenvalue weighted by atomic mass is 16.6. The maximum absolute atomic E-state index is 11.5. The highest BCUT2D eigenvalue weighted by Gasteiger charge is 2.32. The van der Waals surface area contributed by atoms with Gasteiger partial charge in [0, 0.05) is 5.92 Å². The minimum Gasteiger partial charge on any atom is -0.506 e. The molecule has 3 N–H and O–H groups in total. The fourth-order valence-electron chi connectivity index (χ4n) is 3.69. The smallest absolute Gasteiger partial charge is 0.341 e. The third-order valence-corrected chi connectivity index (χ3v) is 6.10. The highest BCUT2D eigenvalue weighted by molar-refractivity contribution is 5.97. The van der Waals surface area contributed by atoms with Gasteiger partial charge >= 0.3 is 11.9 Å². The van der Waals surface area contributed by atoms with Gasteiger partial charge < -0.3 is 29.5 Å². The molecule has 12 nitrogen and oxygen atoms in total. The van der Waals surface area contributed by atoms with Crippen molar-refractivity contribution in [3.8, 4) is 11.5 Å². The van der Waals surface area contributed by atoms with Gasteiger partial charge in [-0.2, -0.15) is 10.2 Å². The van der Waals surface area contributed by atoms with Crippen LogP contribution in [-0.2, 0) is 9.47 Å². The Balaban J connectivity index is 0.000000158. The number of hydrogen-bond acceptors (Lipinski definition) is 9. The summed E-state index contributed by atoms with van der Waals surface area (Å²) in [6, 6.07) is 6.56. The minimum atomic E-state index is -1.02. The van der Waals surface area contributed by atoms with Crippen LogP contribution in [0.5, 0.6) is 11.5 Å². The summed E-state index contributed by atoms with van der Waals surface area (Å²) in [7, 11) is 1.34. The Hall–Kier alpha value is -4.16. The molecule has 5 heterocycles. The monoisotopic (exact) mass is 554 g/mol. The van der Waals surface area contributed by atoms with Crippen LogP contribution in [0.1, 0.15) is 72.9 Å². The first kappa shape index (κ1) is 28.8. The van der Waals surface area contributed by atoms with Crippen molar-refractivity contribution in [1.82, 2.24) is 19.2 Å². The predicted molar refractivity (Wildman–Crippen MR) is 144 cm³/mol. The van der Waals surface area contributed by atoms with Gasteiger partial charge in [0.15, 0.2) is 0 Å². The van der Waals surface area contributed by atoms with Crippen molar-refractivity contribution in [3.63, 3.8) is 0 Å². The number of pyridine rings is 2. The number of rotatable bonds is 6. The third-order valence-electron chi connectivity index (χ3n) is 6.10. The predicted octanol–water partition coefficient (Wildman–Crippen LogP) is 3.68. The molecule has 0 atom stereocenters. The number of esters is 1. The molecule has 1 saturated carbocycles. The fraction of sp³-hybridized carbons (Fsp3) is 0.429. The summed E-state index contributed by atoms with van der Waals surface area (Å²) in [4.78, 5) is 22.4. The van der Waals surface area contributed by atoms with Crippen LogP contribution < -0.4 is 4.74 Å². The van der Waals surface area contributed by atoms with Crippen molar-refractivity contribution in [2.45, 2.75) is 57.7 Å². The van der Waals surface area contributed by atoms with Gasteiger partial charge in [0.1, 0.15) is 29.2 Å². The van der Waals surface area contributed by atoms with Gasteiger partial charge in [-0.1, -0.05) is 0 Å². The number of carbonyl (C=O) groups is 2. The quantitative estimate of drug-likeness (QED) is 0.237. The second-order valence-corrected chi connectivity index (χ2v) is 10.9. The summed E-state index contributed by atoms with van der Waals surface area (Å²) < 4.78 is 18.1.